The third kappa shape index (κ3) is 4.36. The lowest BCUT2D eigenvalue weighted by atomic mass is 10.3. The third-order valence-electron chi connectivity index (χ3n) is 3.24. The third-order valence-corrected chi connectivity index (χ3v) is 4.72. The van der Waals surface area contributed by atoms with Crippen LogP contribution < -0.4 is 9.47 Å². The van der Waals surface area contributed by atoms with Crippen molar-refractivity contribution in [1.82, 2.24) is 20.2 Å². The van der Waals surface area contributed by atoms with Crippen LogP contribution in [0.1, 0.15) is 0 Å². The van der Waals surface area contributed by atoms with Crippen LogP contribution in [0.4, 0.5) is 0 Å². The number of aromatic nitrogens is 4. The first-order chi connectivity index (χ1) is 12.2. The van der Waals surface area contributed by atoms with Gasteiger partial charge in [-0.25, -0.2) is 0 Å². The molecule has 0 fully saturated rings. The Hall–Kier alpha value is -1.96. The molecule has 0 spiro atoms. The van der Waals surface area contributed by atoms with Crippen LogP contribution in [0.5, 0.6) is 11.5 Å². The predicted molar refractivity (Wildman–Crippen MR) is 98.4 cm³/mol. The number of thioether (sulfide) groups is 1. The monoisotopic (exact) mass is 396 g/mol. The molecule has 0 saturated carbocycles. The van der Waals surface area contributed by atoms with Crippen molar-refractivity contribution < 1.29 is 9.47 Å². The van der Waals surface area contributed by atoms with E-state index < -0.39 is 0 Å². The van der Waals surface area contributed by atoms with E-state index in [0.717, 1.165) is 11.4 Å². The van der Waals surface area contributed by atoms with E-state index in [-0.39, 0.29) is 0 Å². The minimum atomic E-state index is 0.420. The van der Waals surface area contributed by atoms with Gasteiger partial charge >= 0.3 is 0 Å². The van der Waals surface area contributed by atoms with E-state index in [1.54, 1.807) is 30.0 Å². The fourth-order valence-corrected chi connectivity index (χ4v) is 3.27. The van der Waals surface area contributed by atoms with Gasteiger partial charge in [-0.05, 0) is 46.8 Å². The number of ether oxygens (including phenoxy) is 2. The summed E-state index contributed by atoms with van der Waals surface area (Å²) in [5, 5.41) is 13.4. The topological polar surface area (TPSA) is 62.1 Å². The summed E-state index contributed by atoms with van der Waals surface area (Å²) in [6, 6.07) is 12.7. The summed E-state index contributed by atoms with van der Waals surface area (Å²) in [6.45, 7) is 0.420. The first-order valence-electron chi connectivity index (χ1n) is 7.31. The number of halogens is 2. The smallest absolute Gasteiger partial charge is 0.214 e. The number of benzene rings is 2. The van der Waals surface area contributed by atoms with E-state index in [0.29, 0.717) is 33.3 Å². The molecule has 130 valence electrons. The van der Waals surface area contributed by atoms with Crippen molar-refractivity contribution in [3.8, 4) is 17.2 Å². The largest absolute Gasteiger partial charge is 0.497 e. The summed E-state index contributed by atoms with van der Waals surface area (Å²) in [5.74, 6) is 1.90. The molecule has 25 heavy (non-hydrogen) atoms. The molecule has 0 aliphatic rings. The van der Waals surface area contributed by atoms with Gasteiger partial charge in [0, 0.05) is 5.75 Å². The quantitative estimate of drug-likeness (QED) is 0.441. The molecule has 0 N–H and O–H groups in total. The summed E-state index contributed by atoms with van der Waals surface area (Å²) in [7, 11) is 1.62. The van der Waals surface area contributed by atoms with Gasteiger partial charge in [-0.15, -0.1) is 5.10 Å². The highest BCUT2D eigenvalue weighted by atomic mass is 35.5. The van der Waals surface area contributed by atoms with Crippen LogP contribution in [0.2, 0.25) is 10.0 Å². The number of nitrogens with zero attached hydrogens (tertiary/aromatic N) is 4. The molecule has 0 saturated heterocycles. The minimum Gasteiger partial charge on any atom is -0.497 e. The highest BCUT2D eigenvalue weighted by Gasteiger charge is 2.10. The van der Waals surface area contributed by atoms with Crippen LogP contribution in [0.25, 0.3) is 5.69 Å². The molecule has 0 amide bonds. The highest BCUT2D eigenvalue weighted by molar-refractivity contribution is 7.99. The molecule has 2 aromatic carbocycles. The standard InChI is InChI=1S/C16H14Cl2N4O2S/c1-23-12-7-5-11(6-8-12)22-16(19-20-21-22)25-10-9-24-15-13(17)3-2-4-14(15)18/h2-8H,9-10H2,1H3. The second kappa shape index (κ2) is 8.42. The zero-order valence-corrected chi connectivity index (χ0v) is 15.6. The lowest BCUT2D eigenvalue weighted by molar-refractivity contribution is 0.344. The number of para-hydroxylation sites is 1. The lowest BCUT2D eigenvalue weighted by Gasteiger charge is -2.09. The van der Waals surface area contributed by atoms with Crippen LogP contribution in [-0.2, 0) is 0 Å². The summed E-state index contributed by atoms with van der Waals surface area (Å²) >= 11 is 13.6. The van der Waals surface area contributed by atoms with Gasteiger partial charge in [0.15, 0.2) is 5.75 Å². The summed E-state index contributed by atoms with van der Waals surface area (Å²) in [5.41, 5.74) is 0.850. The van der Waals surface area contributed by atoms with Crippen LogP contribution in [0, 0.1) is 0 Å². The summed E-state index contributed by atoms with van der Waals surface area (Å²) in [6.07, 6.45) is 0. The Morgan fingerprint density at radius 2 is 1.80 bits per heavy atom. The van der Waals surface area contributed by atoms with Crippen LogP contribution in [-0.4, -0.2) is 39.7 Å². The van der Waals surface area contributed by atoms with E-state index in [1.807, 2.05) is 24.3 Å². The lowest BCUT2D eigenvalue weighted by Crippen LogP contribution is -2.04. The Kier molecular flexibility index (Phi) is 6.01. The molecular formula is C16H14Cl2N4O2S. The van der Waals surface area contributed by atoms with E-state index >= 15 is 0 Å². The molecule has 0 bridgehead atoms. The Morgan fingerprint density at radius 1 is 1.08 bits per heavy atom. The van der Waals surface area contributed by atoms with Gasteiger partial charge in [-0.2, -0.15) is 4.68 Å². The molecule has 6 nitrogen and oxygen atoms in total. The zero-order valence-electron chi connectivity index (χ0n) is 13.2. The number of tetrazole rings is 1. The van der Waals surface area contributed by atoms with Gasteiger partial charge in [0.2, 0.25) is 5.16 Å². The fourth-order valence-electron chi connectivity index (χ4n) is 2.05. The second-order valence-electron chi connectivity index (χ2n) is 4.82. The van der Waals surface area contributed by atoms with Crippen molar-refractivity contribution in [3.05, 3.63) is 52.5 Å². The average Bonchev–Trinajstić information content (AvgIpc) is 3.09. The van der Waals surface area contributed by atoms with E-state index in [4.69, 9.17) is 32.7 Å². The average molecular weight is 397 g/mol. The number of rotatable bonds is 7. The number of methoxy groups -OCH3 is 1. The minimum absolute atomic E-state index is 0.420. The predicted octanol–water partition coefficient (Wildman–Crippen LogP) is 4.15. The maximum atomic E-state index is 6.08. The van der Waals surface area contributed by atoms with Crippen LogP contribution in [0.3, 0.4) is 0 Å². The Bertz CT molecular complexity index is 822. The maximum absolute atomic E-state index is 6.08. The highest BCUT2D eigenvalue weighted by Crippen LogP contribution is 2.32. The Balaban J connectivity index is 1.60. The van der Waals surface area contributed by atoms with Crippen molar-refractivity contribution in [2.24, 2.45) is 0 Å². The van der Waals surface area contributed by atoms with Gasteiger partial charge < -0.3 is 9.47 Å². The zero-order chi connectivity index (χ0) is 17.6. The normalized spacial score (nSPS) is 10.7. The molecule has 9 heteroatoms. The van der Waals surface area contributed by atoms with Gasteiger partial charge in [0.05, 0.1) is 29.4 Å². The van der Waals surface area contributed by atoms with Crippen molar-refractivity contribution in [1.29, 1.82) is 0 Å². The maximum Gasteiger partial charge on any atom is 0.214 e. The number of hydrogen-bond acceptors (Lipinski definition) is 6. The molecule has 3 aromatic rings. The van der Waals surface area contributed by atoms with Crippen LogP contribution >= 0.6 is 35.0 Å². The van der Waals surface area contributed by atoms with Gasteiger partial charge in [-0.3, -0.25) is 0 Å². The van der Waals surface area contributed by atoms with Crippen molar-refractivity contribution in [2.75, 3.05) is 19.5 Å². The molecule has 0 radical (unpaired) electrons. The van der Waals surface area contributed by atoms with E-state index in [2.05, 4.69) is 15.5 Å². The van der Waals surface area contributed by atoms with Crippen LogP contribution in [0.15, 0.2) is 47.6 Å². The molecule has 0 aliphatic carbocycles. The summed E-state index contributed by atoms with van der Waals surface area (Å²) < 4.78 is 12.5. The first kappa shape index (κ1) is 17.8. The Morgan fingerprint density at radius 3 is 2.48 bits per heavy atom. The van der Waals surface area contributed by atoms with Crippen molar-refractivity contribution in [3.63, 3.8) is 0 Å². The molecular weight excluding hydrogens is 383 g/mol. The SMILES string of the molecule is COc1ccc(-n2nnnc2SCCOc2c(Cl)cccc2Cl)cc1. The molecule has 0 aliphatic heterocycles. The molecule has 1 heterocycles. The second-order valence-corrected chi connectivity index (χ2v) is 6.70. The van der Waals surface area contributed by atoms with Crippen molar-refractivity contribution in [2.45, 2.75) is 5.16 Å². The fraction of sp³-hybridized carbons (Fsp3) is 0.188. The molecule has 3 rings (SSSR count). The summed E-state index contributed by atoms with van der Waals surface area (Å²) in [4.78, 5) is 0. The molecule has 0 unspecified atom stereocenters. The first-order valence-corrected chi connectivity index (χ1v) is 9.05. The molecule has 1 aromatic heterocycles. The Labute approximate surface area is 159 Å². The van der Waals surface area contributed by atoms with E-state index in [9.17, 15) is 0 Å². The van der Waals surface area contributed by atoms with Gasteiger partial charge in [0.1, 0.15) is 5.75 Å². The van der Waals surface area contributed by atoms with Crippen molar-refractivity contribution >= 4 is 35.0 Å². The number of hydrogen-bond donors (Lipinski definition) is 0. The molecule has 0 atom stereocenters. The van der Waals surface area contributed by atoms with Gasteiger partial charge in [0.25, 0.3) is 0 Å². The van der Waals surface area contributed by atoms with E-state index in [1.165, 1.54) is 11.8 Å². The van der Waals surface area contributed by atoms with Gasteiger partial charge in [-0.1, -0.05) is 41.0 Å².